The molecule has 3 heteroatoms. The van der Waals surface area contributed by atoms with Gasteiger partial charge in [-0.05, 0) is 24.5 Å². The van der Waals surface area contributed by atoms with Crippen LogP contribution in [-0.4, -0.2) is 11.1 Å². The van der Waals surface area contributed by atoms with Crippen LogP contribution in [0, 0.1) is 0 Å². The molecule has 0 aliphatic rings. The molecule has 1 atom stereocenters. The third-order valence-corrected chi connectivity index (χ3v) is 3.15. The second-order valence-corrected chi connectivity index (χ2v) is 4.70. The molecule has 2 aromatic carbocycles. The first-order valence-corrected chi connectivity index (χ1v) is 6.35. The minimum absolute atomic E-state index is 0. The second kappa shape index (κ2) is 7.95. The summed E-state index contributed by atoms with van der Waals surface area (Å²) in [7, 11) is 0. The summed E-state index contributed by atoms with van der Waals surface area (Å²) in [6, 6.07) is 21.1. The maximum Gasteiger partial charge on any atom is 0.0382 e. The minimum atomic E-state index is 0. The number of hydrazine groups is 1. The quantitative estimate of drug-likeness (QED) is 0.670. The first-order valence-electron chi connectivity index (χ1n) is 6.35. The fourth-order valence-electron chi connectivity index (χ4n) is 2.02. The Balaban J connectivity index is 0.00000180. The average molecular weight is 277 g/mol. The van der Waals surface area contributed by atoms with E-state index in [1.807, 2.05) is 29.3 Å². The van der Waals surface area contributed by atoms with Crippen LogP contribution in [0.25, 0.3) is 0 Å². The lowest BCUT2D eigenvalue weighted by molar-refractivity contribution is 0.203. The molecule has 0 aliphatic heterocycles. The van der Waals surface area contributed by atoms with Crippen LogP contribution in [0.2, 0.25) is 0 Å². The first kappa shape index (κ1) is 15.7. The Bertz CT molecular complexity index is 413. The number of halogens is 1. The molecule has 2 rings (SSSR count). The number of rotatable bonds is 5. The van der Waals surface area contributed by atoms with Crippen molar-refractivity contribution in [2.24, 2.45) is 5.84 Å². The van der Waals surface area contributed by atoms with Crippen molar-refractivity contribution in [3.8, 4) is 0 Å². The summed E-state index contributed by atoms with van der Waals surface area (Å²) in [6.45, 7) is 2.95. The number of benzene rings is 2. The molecule has 0 spiro atoms. The SMILES string of the molecule is CC(Cc1ccccc1)N(N)Cc1ccccc1.Cl. The van der Waals surface area contributed by atoms with E-state index in [4.69, 9.17) is 5.84 Å². The van der Waals surface area contributed by atoms with Crippen molar-refractivity contribution in [2.45, 2.75) is 25.9 Å². The van der Waals surface area contributed by atoms with Crippen molar-refractivity contribution in [3.05, 3.63) is 71.8 Å². The van der Waals surface area contributed by atoms with E-state index >= 15 is 0 Å². The fraction of sp³-hybridized carbons (Fsp3) is 0.250. The summed E-state index contributed by atoms with van der Waals surface area (Å²) in [5.41, 5.74) is 2.58. The van der Waals surface area contributed by atoms with Crippen molar-refractivity contribution >= 4 is 12.4 Å². The zero-order valence-corrected chi connectivity index (χ0v) is 12.0. The topological polar surface area (TPSA) is 29.3 Å². The zero-order valence-electron chi connectivity index (χ0n) is 11.2. The van der Waals surface area contributed by atoms with Gasteiger partial charge < -0.3 is 0 Å². The molecule has 2 N–H and O–H groups in total. The maximum atomic E-state index is 6.13. The normalized spacial score (nSPS) is 11.9. The molecule has 2 nitrogen and oxygen atoms in total. The molecule has 0 amide bonds. The predicted molar refractivity (Wildman–Crippen MR) is 83.0 cm³/mol. The van der Waals surface area contributed by atoms with Gasteiger partial charge in [0.15, 0.2) is 0 Å². The Kier molecular flexibility index (Phi) is 6.57. The summed E-state index contributed by atoms with van der Waals surface area (Å²) in [6.07, 6.45) is 0.976. The van der Waals surface area contributed by atoms with Crippen molar-refractivity contribution in [2.75, 3.05) is 0 Å². The highest BCUT2D eigenvalue weighted by Gasteiger charge is 2.10. The number of nitrogens with two attached hydrogens (primary N) is 1. The lowest BCUT2D eigenvalue weighted by Crippen LogP contribution is -2.39. The van der Waals surface area contributed by atoms with E-state index in [0.29, 0.717) is 6.04 Å². The van der Waals surface area contributed by atoms with Crippen LogP contribution in [0.15, 0.2) is 60.7 Å². The van der Waals surface area contributed by atoms with Gasteiger partial charge in [-0.25, -0.2) is 5.01 Å². The molecular weight excluding hydrogens is 256 g/mol. The van der Waals surface area contributed by atoms with E-state index in [-0.39, 0.29) is 12.4 Å². The van der Waals surface area contributed by atoms with Crippen LogP contribution in [0.3, 0.4) is 0 Å². The van der Waals surface area contributed by atoms with Crippen LogP contribution in [0.5, 0.6) is 0 Å². The van der Waals surface area contributed by atoms with Gasteiger partial charge in [0.2, 0.25) is 0 Å². The van der Waals surface area contributed by atoms with Gasteiger partial charge in [0, 0.05) is 12.6 Å². The highest BCUT2D eigenvalue weighted by Crippen LogP contribution is 2.09. The van der Waals surface area contributed by atoms with Gasteiger partial charge in [-0.15, -0.1) is 12.4 Å². The van der Waals surface area contributed by atoms with Gasteiger partial charge in [0.05, 0.1) is 0 Å². The molecule has 0 saturated carbocycles. The highest BCUT2D eigenvalue weighted by molar-refractivity contribution is 5.85. The number of hydrogen-bond acceptors (Lipinski definition) is 2. The predicted octanol–water partition coefficient (Wildman–Crippen LogP) is 3.42. The minimum Gasteiger partial charge on any atom is -0.268 e. The van der Waals surface area contributed by atoms with Gasteiger partial charge in [0.1, 0.15) is 0 Å². The van der Waals surface area contributed by atoms with Crippen LogP contribution in [-0.2, 0) is 13.0 Å². The van der Waals surface area contributed by atoms with Crippen LogP contribution in [0.4, 0.5) is 0 Å². The van der Waals surface area contributed by atoms with Crippen molar-refractivity contribution in [1.29, 1.82) is 0 Å². The number of nitrogens with zero attached hydrogens (tertiary/aromatic N) is 1. The third-order valence-electron chi connectivity index (χ3n) is 3.15. The Morgan fingerprint density at radius 1 is 0.895 bits per heavy atom. The maximum absolute atomic E-state index is 6.13. The van der Waals surface area contributed by atoms with Gasteiger partial charge in [-0.1, -0.05) is 60.7 Å². The zero-order chi connectivity index (χ0) is 12.8. The molecule has 19 heavy (non-hydrogen) atoms. The lowest BCUT2D eigenvalue weighted by atomic mass is 10.1. The summed E-state index contributed by atoms with van der Waals surface area (Å²) in [5.74, 6) is 6.13. The Morgan fingerprint density at radius 3 is 1.89 bits per heavy atom. The van der Waals surface area contributed by atoms with E-state index in [1.165, 1.54) is 11.1 Å². The first-order chi connectivity index (χ1) is 8.75. The fourth-order valence-corrected chi connectivity index (χ4v) is 2.02. The number of hydrogen-bond donors (Lipinski definition) is 1. The summed E-state index contributed by atoms with van der Waals surface area (Å²) >= 11 is 0. The average Bonchev–Trinajstić information content (AvgIpc) is 2.41. The lowest BCUT2D eigenvalue weighted by Gasteiger charge is -2.24. The van der Waals surface area contributed by atoms with Gasteiger partial charge in [-0.2, -0.15) is 0 Å². The molecule has 2 aromatic rings. The third kappa shape index (κ3) is 5.03. The Labute approximate surface area is 121 Å². The summed E-state index contributed by atoms with van der Waals surface area (Å²) in [5, 5.41) is 1.91. The largest absolute Gasteiger partial charge is 0.268 e. The van der Waals surface area contributed by atoms with Crippen molar-refractivity contribution in [1.82, 2.24) is 5.01 Å². The van der Waals surface area contributed by atoms with E-state index in [0.717, 1.165) is 13.0 Å². The Morgan fingerprint density at radius 2 is 1.37 bits per heavy atom. The van der Waals surface area contributed by atoms with E-state index in [1.54, 1.807) is 0 Å². The Hall–Kier alpha value is -1.35. The molecule has 0 radical (unpaired) electrons. The summed E-state index contributed by atoms with van der Waals surface area (Å²) in [4.78, 5) is 0. The molecular formula is C16H21ClN2. The van der Waals surface area contributed by atoms with Crippen molar-refractivity contribution < 1.29 is 0 Å². The smallest absolute Gasteiger partial charge is 0.0382 e. The van der Waals surface area contributed by atoms with E-state index < -0.39 is 0 Å². The van der Waals surface area contributed by atoms with Crippen LogP contribution < -0.4 is 5.84 Å². The standard InChI is InChI=1S/C16H20N2.ClH/c1-14(12-15-8-4-2-5-9-15)18(17)13-16-10-6-3-7-11-16;/h2-11,14H,12-13,17H2,1H3;1H. The van der Waals surface area contributed by atoms with E-state index in [2.05, 4.69) is 43.3 Å². The highest BCUT2D eigenvalue weighted by atomic mass is 35.5. The molecule has 0 bridgehead atoms. The van der Waals surface area contributed by atoms with E-state index in [9.17, 15) is 0 Å². The molecule has 0 aliphatic carbocycles. The molecule has 102 valence electrons. The van der Waals surface area contributed by atoms with Gasteiger partial charge >= 0.3 is 0 Å². The summed E-state index contributed by atoms with van der Waals surface area (Å²) < 4.78 is 0. The second-order valence-electron chi connectivity index (χ2n) is 4.70. The van der Waals surface area contributed by atoms with Gasteiger partial charge in [0.25, 0.3) is 0 Å². The monoisotopic (exact) mass is 276 g/mol. The molecule has 0 saturated heterocycles. The molecule has 0 aromatic heterocycles. The molecule has 1 unspecified atom stereocenters. The molecule has 0 heterocycles. The van der Waals surface area contributed by atoms with Crippen molar-refractivity contribution in [3.63, 3.8) is 0 Å². The van der Waals surface area contributed by atoms with Crippen LogP contribution >= 0.6 is 12.4 Å². The molecule has 0 fully saturated rings. The van der Waals surface area contributed by atoms with Gasteiger partial charge in [-0.3, -0.25) is 5.84 Å². The van der Waals surface area contributed by atoms with Crippen LogP contribution in [0.1, 0.15) is 18.1 Å².